The van der Waals surface area contributed by atoms with Crippen LogP contribution in [0.15, 0.2) is 46.5 Å². The Hall–Kier alpha value is -3.09. The molecule has 0 amide bonds. The van der Waals surface area contributed by atoms with Gasteiger partial charge in [0.15, 0.2) is 11.2 Å². The number of nitrogens with zero attached hydrogens (tertiary/aromatic N) is 5. The van der Waals surface area contributed by atoms with Gasteiger partial charge in [-0.2, -0.15) is 4.98 Å². The van der Waals surface area contributed by atoms with Gasteiger partial charge in [0.1, 0.15) is 0 Å². The number of benzene rings is 1. The zero-order valence-corrected chi connectivity index (χ0v) is 15.1. The Kier molecular flexibility index (Phi) is 3.61. The quantitative estimate of drug-likeness (QED) is 0.678. The molecule has 1 aliphatic heterocycles. The van der Waals surface area contributed by atoms with Crippen molar-refractivity contribution in [3.05, 3.63) is 63.3 Å². The predicted octanol–water partition coefficient (Wildman–Crippen LogP) is 2.10. The van der Waals surface area contributed by atoms with E-state index in [9.17, 15) is 9.59 Å². The van der Waals surface area contributed by atoms with E-state index >= 15 is 0 Å². The molecule has 0 bridgehead atoms. The molecular weight excluding hydrogens is 330 g/mol. The Balaban J connectivity index is 1.98. The molecule has 4 rings (SSSR count). The fourth-order valence-electron chi connectivity index (χ4n) is 3.48. The smallest absolute Gasteiger partial charge is 0.310 e. The van der Waals surface area contributed by atoms with Crippen LogP contribution in [0.1, 0.15) is 18.5 Å². The molecule has 0 fully saturated rings. The first-order chi connectivity index (χ1) is 12.4. The largest absolute Gasteiger partial charge is 0.333 e. The summed E-state index contributed by atoms with van der Waals surface area (Å²) in [6, 6.07) is 7.80. The second-order valence-corrected chi connectivity index (χ2v) is 6.72. The van der Waals surface area contributed by atoms with Gasteiger partial charge in [-0.3, -0.25) is 13.9 Å². The van der Waals surface area contributed by atoms with Crippen LogP contribution in [0.3, 0.4) is 0 Å². The Labute approximate surface area is 150 Å². The maximum Gasteiger partial charge on any atom is 0.333 e. The van der Waals surface area contributed by atoms with E-state index < -0.39 is 0 Å². The van der Waals surface area contributed by atoms with Crippen LogP contribution in [0.25, 0.3) is 11.2 Å². The Morgan fingerprint density at radius 1 is 1.19 bits per heavy atom. The molecule has 0 aliphatic carbocycles. The third-order valence-corrected chi connectivity index (χ3v) is 5.04. The van der Waals surface area contributed by atoms with E-state index in [2.05, 4.69) is 28.6 Å². The summed E-state index contributed by atoms with van der Waals surface area (Å²) in [6.07, 6.45) is 1.59. The number of hydrogen-bond donors (Lipinski definition) is 0. The van der Waals surface area contributed by atoms with Crippen molar-refractivity contribution in [1.82, 2.24) is 18.7 Å². The first kappa shape index (κ1) is 16.4. The van der Waals surface area contributed by atoms with Gasteiger partial charge in [0.05, 0.1) is 6.04 Å². The fraction of sp³-hybridized carbons (Fsp3) is 0.316. The second kappa shape index (κ2) is 5.72. The highest BCUT2D eigenvalue weighted by molar-refractivity contribution is 5.77. The third kappa shape index (κ3) is 2.16. The topological polar surface area (TPSA) is 65.1 Å². The molecule has 7 heteroatoms. The molecule has 0 spiro atoms. The number of hydrogen-bond acceptors (Lipinski definition) is 4. The SMILES string of the molecule is C=C[C@H](C)n1c(=O)c2c(nc3n2CCN3c2ccc(C)cc2)n(C)c1=O. The normalized spacial score (nSPS) is 14.7. The van der Waals surface area contributed by atoms with Crippen molar-refractivity contribution < 1.29 is 0 Å². The van der Waals surface area contributed by atoms with Crippen molar-refractivity contribution in [2.75, 3.05) is 11.4 Å². The predicted molar refractivity (Wildman–Crippen MR) is 102 cm³/mol. The van der Waals surface area contributed by atoms with Gasteiger partial charge in [-0.05, 0) is 26.0 Å². The summed E-state index contributed by atoms with van der Waals surface area (Å²) in [5, 5.41) is 0. The number of imidazole rings is 1. The summed E-state index contributed by atoms with van der Waals surface area (Å²) in [7, 11) is 1.65. The standard InChI is InChI=1S/C19H21N5O2/c1-5-13(3)24-17(25)15-16(21(4)19(24)26)20-18-22(10-11-23(15)18)14-8-6-12(2)7-9-14/h5-9,13H,1,10-11H2,2-4H3/t13-/m0/s1. The van der Waals surface area contributed by atoms with E-state index in [1.54, 1.807) is 20.0 Å². The molecular formula is C19H21N5O2. The van der Waals surface area contributed by atoms with Gasteiger partial charge in [0, 0.05) is 25.8 Å². The van der Waals surface area contributed by atoms with Crippen LogP contribution in [0.2, 0.25) is 0 Å². The maximum absolute atomic E-state index is 13.0. The maximum atomic E-state index is 13.0. The van der Waals surface area contributed by atoms with Gasteiger partial charge in [-0.25, -0.2) is 4.79 Å². The van der Waals surface area contributed by atoms with Crippen LogP contribution < -0.4 is 16.1 Å². The molecule has 7 nitrogen and oxygen atoms in total. The average molecular weight is 351 g/mol. The number of allylic oxidation sites excluding steroid dienone is 1. The number of anilines is 2. The number of fused-ring (bicyclic) bond motifs is 3. The second-order valence-electron chi connectivity index (χ2n) is 6.72. The minimum atomic E-state index is -0.383. The molecule has 1 aliphatic rings. The van der Waals surface area contributed by atoms with Crippen molar-refractivity contribution >= 4 is 22.8 Å². The van der Waals surface area contributed by atoms with Gasteiger partial charge < -0.3 is 9.47 Å². The van der Waals surface area contributed by atoms with Crippen LogP contribution in [0.4, 0.5) is 11.6 Å². The van der Waals surface area contributed by atoms with Gasteiger partial charge in [-0.15, -0.1) is 6.58 Å². The molecule has 3 heterocycles. The van der Waals surface area contributed by atoms with Crippen LogP contribution >= 0.6 is 0 Å². The zero-order chi connectivity index (χ0) is 18.6. The molecule has 0 unspecified atom stereocenters. The van der Waals surface area contributed by atoms with Crippen LogP contribution in [-0.4, -0.2) is 25.2 Å². The lowest BCUT2D eigenvalue weighted by atomic mass is 10.2. The molecule has 1 aromatic carbocycles. The molecule has 26 heavy (non-hydrogen) atoms. The lowest BCUT2D eigenvalue weighted by Gasteiger charge is -2.16. The van der Waals surface area contributed by atoms with Gasteiger partial charge in [0.2, 0.25) is 5.95 Å². The fourth-order valence-corrected chi connectivity index (χ4v) is 3.48. The summed E-state index contributed by atoms with van der Waals surface area (Å²) < 4.78 is 4.58. The number of aryl methyl sites for hydroxylation is 2. The molecule has 134 valence electrons. The van der Waals surface area contributed by atoms with E-state index in [4.69, 9.17) is 0 Å². The first-order valence-corrected chi connectivity index (χ1v) is 8.62. The van der Waals surface area contributed by atoms with E-state index in [0.717, 1.165) is 12.2 Å². The molecule has 0 N–H and O–H groups in total. The molecule has 3 aromatic rings. The summed E-state index contributed by atoms with van der Waals surface area (Å²) >= 11 is 0. The lowest BCUT2D eigenvalue weighted by molar-refractivity contribution is 0.572. The van der Waals surface area contributed by atoms with E-state index in [0.29, 0.717) is 23.7 Å². The minimum Gasteiger partial charge on any atom is -0.310 e. The summed E-state index contributed by atoms with van der Waals surface area (Å²) in [4.78, 5) is 32.4. The monoisotopic (exact) mass is 351 g/mol. The van der Waals surface area contributed by atoms with E-state index in [1.807, 2.05) is 23.6 Å². The Morgan fingerprint density at radius 3 is 2.54 bits per heavy atom. The van der Waals surface area contributed by atoms with E-state index in [-0.39, 0.29) is 17.3 Å². The van der Waals surface area contributed by atoms with Crippen molar-refractivity contribution in [2.45, 2.75) is 26.4 Å². The van der Waals surface area contributed by atoms with Crippen molar-refractivity contribution in [1.29, 1.82) is 0 Å². The minimum absolute atomic E-state index is 0.319. The Morgan fingerprint density at radius 2 is 1.88 bits per heavy atom. The van der Waals surface area contributed by atoms with Crippen LogP contribution in [0, 0.1) is 6.92 Å². The molecule has 1 atom stereocenters. The molecule has 2 aromatic heterocycles. The summed E-state index contributed by atoms with van der Waals surface area (Å²) in [6.45, 7) is 8.92. The third-order valence-electron chi connectivity index (χ3n) is 5.04. The Bertz CT molecular complexity index is 1130. The average Bonchev–Trinajstić information content (AvgIpc) is 3.20. The summed E-state index contributed by atoms with van der Waals surface area (Å²) in [5.74, 6) is 0.694. The first-order valence-electron chi connectivity index (χ1n) is 8.62. The van der Waals surface area contributed by atoms with Crippen LogP contribution in [0.5, 0.6) is 0 Å². The van der Waals surface area contributed by atoms with E-state index in [1.165, 1.54) is 14.7 Å². The van der Waals surface area contributed by atoms with Gasteiger partial charge >= 0.3 is 5.69 Å². The molecule has 0 saturated carbocycles. The van der Waals surface area contributed by atoms with Crippen molar-refractivity contribution in [2.24, 2.45) is 7.05 Å². The molecule has 0 radical (unpaired) electrons. The zero-order valence-electron chi connectivity index (χ0n) is 15.1. The van der Waals surface area contributed by atoms with Crippen molar-refractivity contribution in [3.8, 4) is 0 Å². The highest BCUT2D eigenvalue weighted by Gasteiger charge is 2.29. The highest BCUT2D eigenvalue weighted by Crippen LogP contribution is 2.31. The summed E-state index contributed by atoms with van der Waals surface area (Å²) in [5.41, 5.74) is 2.39. The van der Waals surface area contributed by atoms with Gasteiger partial charge in [-0.1, -0.05) is 23.8 Å². The molecule has 0 saturated heterocycles. The van der Waals surface area contributed by atoms with Gasteiger partial charge in [0.25, 0.3) is 5.56 Å². The van der Waals surface area contributed by atoms with Crippen molar-refractivity contribution in [3.63, 3.8) is 0 Å². The van der Waals surface area contributed by atoms with Crippen LogP contribution in [-0.2, 0) is 13.6 Å². The number of rotatable bonds is 3. The lowest BCUT2D eigenvalue weighted by Crippen LogP contribution is -2.40. The highest BCUT2D eigenvalue weighted by atomic mass is 16.2. The number of aromatic nitrogens is 4.